The molecule has 146 valence electrons. The Morgan fingerprint density at radius 2 is 1.86 bits per heavy atom. The minimum absolute atomic E-state index is 0.127. The molecule has 8 heteroatoms. The number of hydrogen-bond donors (Lipinski definition) is 1. The molecule has 1 fully saturated rings. The van der Waals surface area contributed by atoms with Crippen molar-refractivity contribution < 1.29 is 13.2 Å². The molecule has 1 aliphatic heterocycles. The highest BCUT2D eigenvalue weighted by molar-refractivity contribution is 7.89. The largest absolute Gasteiger partial charge is 0.302 e. The van der Waals surface area contributed by atoms with E-state index in [4.69, 9.17) is 0 Å². The number of thiazole rings is 1. The van der Waals surface area contributed by atoms with Crippen LogP contribution in [0.2, 0.25) is 0 Å². The smallest absolute Gasteiger partial charge is 0.243 e. The number of nitrogens with zero attached hydrogens (tertiary/aromatic N) is 2. The average Bonchev–Trinajstić information content (AvgIpc) is 3.11. The Labute approximate surface area is 168 Å². The number of sulfonamides is 1. The second-order valence-corrected chi connectivity index (χ2v) is 9.74. The Balaban J connectivity index is 1.49. The van der Waals surface area contributed by atoms with Gasteiger partial charge in [-0.3, -0.25) is 4.79 Å². The van der Waals surface area contributed by atoms with Crippen LogP contribution in [-0.4, -0.2) is 36.2 Å². The van der Waals surface area contributed by atoms with Gasteiger partial charge in [0.25, 0.3) is 0 Å². The molecule has 6 nitrogen and oxygen atoms in total. The number of nitrogens with one attached hydrogen (secondary N) is 1. The summed E-state index contributed by atoms with van der Waals surface area (Å²) in [7, 11) is -3.61. The first-order valence-corrected chi connectivity index (χ1v) is 11.5. The van der Waals surface area contributed by atoms with E-state index < -0.39 is 10.0 Å². The summed E-state index contributed by atoms with van der Waals surface area (Å²) in [5.41, 5.74) is 0.841. The van der Waals surface area contributed by atoms with Crippen molar-refractivity contribution in [1.82, 2.24) is 9.29 Å². The molecule has 0 bridgehead atoms. The average molecular weight is 416 g/mol. The number of fused-ring (bicyclic) bond motifs is 1. The van der Waals surface area contributed by atoms with E-state index in [2.05, 4.69) is 10.3 Å². The summed E-state index contributed by atoms with van der Waals surface area (Å²) in [6, 6.07) is 15.8. The molecule has 28 heavy (non-hydrogen) atoms. The normalized spacial score (nSPS) is 18.2. The van der Waals surface area contributed by atoms with E-state index in [1.165, 1.54) is 15.6 Å². The Morgan fingerprint density at radius 3 is 2.64 bits per heavy atom. The van der Waals surface area contributed by atoms with Crippen LogP contribution in [0.5, 0.6) is 0 Å². The maximum Gasteiger partial charge on any atom is 0.243 e. The third-order valence-corrected chi connectivity index (χ3v) is 7.80. The minimum atomic E-state index is -3.61. The second-order valence-electron chi connectivity index (χ2n) is 6.82. The number of carbonyl (C=O) groups excluding carboxylic acids is 1. The lowest BCUT2D eigenvalue weighted by Crippen LogP contribution is -2.45. The first kappa shape index (κ1) is 19.0. The van der Waals surface area contributed by atoms with E-state index in [-0.39, 0.29) is 23.3 Å². The van der Waals surface area contributed by atoms with Gasteiger partial charge in [-0.1, -0.05) is 48.1 Å². The predicted octanol–water partition coefficient (Wildman–Crippen LogP) is 3.87. The summed E-state index contributed by atoms with van der Waals surface area (Å²) in [5.74, 6) is -0.209. The second kappa shape index (κ2) is 7.98. The van der Waals surface area contributed by atoms with Crippen LogP contribution in [0.25, 0.3) is 10.2 Å². The predicted molar refractivity (Wildman–Crippen MR) is 111 cm³/mol. The fraction of sp³-hybridized carbons (Fsp3) is 0.300. The highest BCUT2D eigenvalue weighted by Gasteiger charge is 2.34. The number of benzene rings is 2. The van der Waals surface area contributed by atoms with Gasteiger partial charge >= 0.3 is 0 Å². The minimum Gasteiger partial charge on any atom is -0.302 e. The molecule has 1 saturated heterocycles. The Hall–Kier alpha value is -2.29. The van der Waals surface area contributed by atoms with Gasteiger partial charge in [-0.05, 0) is 37.1 Å². The van der Waals surface area contributed by atoms with Gasteiger partial charge in [0.05, 0.1) is 15.1 Å². The maximum absolute atomic E-state index is 13.0. The van der Waals surface area contributed by atoms with Crippen molar-refractivity contribution in [1.29, 1.82) is 0 Å². The summed E-state index contributed by atoms with van der Waals surface area (Å²) >= 11 is 1.42. The highest BCUT2D eigenvalue weighted by atomic mass is 32.2. The fourth-order valence-corrected chi connectivity index (χ4v) is 6.13. The lowest BCUT2D eigenvalue weighted by molar-refractivity contribution is -0.117. The summed E-state index contributed by atoms with van der Waals surface area (Å²) in [6.07, 6.45) is 2.53. The molecule has 1 amide bonds. The number of para-hydroxylation sites is 1. The van der Waals surface area contributed by atoms with Crippen LogP contribution in [0.4, 0.5) is 5.13 Å². The van der Waals surface area contributed by atoms with Crippen molar-refractivity contribution in [3.8, 4) is 0 Å². The molecule has 0 unspecified atom stereocenters. The van der Waals surface area contributed by atoms with Gasteiger partial charge in [0.2, 0.25) is 15.9 Å². The molecule has 1 N–H and O–H groups in total. The number of hydrogen-bond acceptors (Lipinski definition) is 5. The van der Waals surface area contributed by atoms with E-state index in [0.717, 1.165) is 23.1 Å². The number of amides is 1. The number of anilines is 1. The number of piperidine rings is 1. The van der Waals surface area contributed by atoms with Crippen LogP contribution in [-0.2, 0) is 14.8 Å². The van der Waals surface area contributed by atoms with Crippen LogP contribution in [0.1, 0.15) is 25.7 Å². The van der Waals surface area contributed by atoms with Gasteiger partial charge in [0.1, 0.15) is 0 Å². The maximum atomic E-state index is 13.0. The summed E-state index contributed by atoms with van der Waals surface area (Å²) < 4.78 is 28.6. The molecule has 0 radical (unpaired) electrons. The van der Waals surface area contributed by atoms with Gasteiger partial charge in [-0.15, -0.1) is 0 Å². The molecule has 4 rings (SSSR count). The summed E-state index contributed by atoms with van der Waals surface area (Å²) in [5, 5.41) is 3.38. The van der Waals surface area contributed by atoms with Gasteiger partial charge in [-0.25, -0.2) is 13.4 Å². The monoisotopic (exact) mass is 415 g/mol. The van der Waals surface area contributed by atoms with Crippen molar-refractivity contribution in [3.63, 3.8) is 0 Å². The zero-order valence-corrected chi connectivity index (χ0v) is 16.9. The SMILES string of the molecule is O=C(C[C@@H]1CCCCN1S(=O)(=O)c1ccccc1)Nc1nc2ccccc2s1. The van der Waals surface area contributed by atoms with Crippen LogP contribution in [0.15, 0.2) is 59.5 Å². The van der Waals surface area contributed by atoms with E-state index in [1.807, 2.05) is 24.3 Å². The van der Waals surface area contributed by atoms with Gasteiger partial charge < -0.3 is 5.32 Å². The van der Waals surface area contributed by atoms with Crippen LogP contribution in [0, 0.1) is 0 Å². The van der Waals surface area contributed by atoms with Gasteiger partial charge in [0.15, 0.2) is 5.13 Å². The quantitative estimate of drug-likeness (QED) is 0.686. The van der Waals surface area contributed by atoms with Gasteiger partial charge in [0, 0.05) is 19.0 Å². The van der Waals surface area contributed by atoms with E-state index in [9.17, 15) is 13.2 Å². The third kappa shape index (κ3) is 3.94. The van der Waals surface area contributed by atoms with Crippen molar-refractivity contribution in [3.05, 3.63) is 54.6 Å². The van der Waals surface area contributed by atoms with Crippen molar-refractivity contribution in [2.75, 3.05) is 11.9 Å². The molecule has 2 heterocycles. The first-order valence-electron chi connectivity index (χ1n) is 9.26. The molecule has 1 aromatic heterocycles. The summed E-state index contributed by atoms with van der Waals surface area (Å²) in [4.78, 5) is 17.3. The van der Waals surface area contributed by atoms with Crippen LogP contribution < -0.4 is 5.32 Å². The zero-order valence-electron chi connectivity index (χ0n) is 15.2. The van der Waals surface area contributed by atoms with Gasteiger partial charge in [-0.2, -0.15) is 4.31 Å². The molecular formula is C20H21N3O3S2. The van der Waals surface area contributed by atoms with Crippen LogP contribution in [0.3, 0.4) is 0 Å². The third-order valence-electron chi connectivity index (χ3n) is 4.88. The lowest BCUT2D eigenvalue weighted by atomic mass is 10.0. The van der Waals surface area contributed by atoms with Crippen molar-refractivity contribution >= 4 is 42.6 Å². The van der Waals surface area contributed by atoms with Crippen LogP contribution >= 0.6 is 11.3 Å². The topological polar surface area (TPSA) is 79.4 Å². The first-order chi connectivity index (χ1) is 13.5. The van der Waals surface area contributed by atoms with E-state index in [0.29, 0.717) is 18.1 Å². The van der Waals surface area contributed by atoms with E-state index >= 15 is 0 Å². The molecule has 1 atom stereocenters. The molecule has 1 aliphatic rings. The van der Waals surface area contributed by atoms with E-state index in [1.54, 1.807) is 30.3 Å². The Bertz CT molecular complexity index is 1050. The fourth-order valence-electron chi connectivity index (χ4n) is 3.53. The number of carbonyl (C=O) groups is 1. The standard InChI is InChI=1S/C20H21N3O3S2/c24-19(22-20-21-17-11-4-5-12-18(17)27-20)14-15-8-6-7-13-23(15)28(25,26)16-9-2-1-3-10-16/h1-5,9-12,15H,6-8,13-14H2,(H,21,22,24)/t15-/m0/s1. The molecule has 3 aromatic rings. The zero-order chi connectivity index (χ0) is 19.6. The molecule has 2 aromatic carbocycles. The summed E-state index contributed by atoms with van der Waals surface area (Å²) in [6.45, 7) is 0.441. The number of rotatable bonds is 5. The van der Waals surface area contributed by atoms with Crippen molar-refractivity contribution in [2.45, 2.75) is 36.6 Å². The molecule has 0 aliphatic carbocycles. The number of aromatic nitrogens is 1. The Kier molecular flexibility index (Phi) is 5.43. The highest BCUT2D eigenvalue weighted by Crippen LogP contribution is 2.29. The Morgan fingerprint density at radius 1 is 1.11 bits per heavy atom. The molecule has 0 saturated carbocycles. The lowest BCUT2D eigenvalue weighted by Gasteiger charge is -2.34. The molecular weight excluding hydrogens is 394 g/mol. The van der Waals surface area contributed by atoms with Crippen molar-refractivity contribution in [2.24, 2.45) is 0 Å². The molecule has 0 spiro atoms.